The fourth-order valence-electron chi connectivity index (χ4n) is 3.74. The van der Waals surface area contributed by atoms with Gasteiger partial charge in [-0.15, -0.1) is 0 Å². The highest BCUT2D eigenvalue weighted by Crippen LogP contribution is 2.41. The van der Waals surface area contributed by atoms with E-state index in [1.165, 1.54) is 17.7 Å². The second kappa shape index (κ2) is 8.36. The van der Waals surface area contributed by atoms with Gasteiger partial charge in [0.1, 0.15) is 22.8 Å². The lowest BCUT2D eigenvalue weighted by Gasteiger charge is -2.12. The number of nitrogens with zero attached hydrogens (tertiary/aromatic N) is 3. The first-order valence-corrected chi connectivity index (χ1v) is 11.0. The van der Waals surface area contributed by atoms with Crippen molar-refractivity contribution in [1.82, 2.24) is 14.5 Å². The van der Waals surface area contributed by atoms with E-state index in [4.69, 9.17) is 0 Å². The molecule has 1 atom stereocenters. The smallest absolute Gasteiger partial charge is 0.149 e. The number of rotatable bonds is 5. The van der Waals surface area contributed by atoms with Gasteiger partial charge in [0.05, 0.1) is 5.39 Å². The summed E-state index contributed by atoms with van der Waals surface area (Å²) in [5, 5.41) is 2.11. The third-order valence-corrected chi connectivity index (χ3v) is 6.44. The molecule has 3 nitrogen and oxygen atoms in total. The zero-order valence-electron chi connectivity index (χ0n) is 16.9. The molecule has 2 heterocycles. The van der Waals surface area contributed by atoms with Crippen LogP contribution < -0.4 is 0 Å². The number of fused-ring (bicyclic) bond motifs is 1. The van der Waals surface area contributed by atoms with Gasteiger partial charge in [0, 0.05) is 22.7 Å². The molecule has 0 N–H and O–H groups in total. The molecule has 0 saturated heterocycles. The summed E-state index contributed by atoms with van der Waals surface area (Å²) >= 11 is 1.71. The second-order valence-electron chi connectivity index (χ2n) is 7.31. The van der Waals surface area contributed by atoms with Gasteiger partial charge in [0.2, 0.25) is 0 Å². The number of hydrogen-bond acceptors (Lipinski definition) is 3. The Morgan fingerprint density at radius 1 is 0.871 bits per heavy atom. The minimum Gasteiger partial charge on any atom is -0.300 e. The van der Waals surface area contributed by atoms with Crippen LogP contribution in [0.5, 0.6) is 0 Å². The lowest BCUT2D eigenvalue weighted by molar-refractivity contribution is 0.627. The van der Waals surface area contributed by atoms with E-state index >= 15 is 0 Å². The summed E-state index contributed by atoms with van der Waals surface area (Å²) in [7, 11) is 0. The summed E-state index contributed by atoms with van der Waals surface area (Å²) in [5.41, 5.74) is 4.85. The maximum absolute atomic E-state index is 14.0. The molecule has 0 saturated carbocycles. The molecule has 31 heavy (non-hydrogen) atoms. The van der Waals surface area contributed by atoms with Crippen LogP contribution in [0.4, 0.5) is 4.39 Å². The van der Waals surface area contributed by atoms with Crippen molar-refractivity contribution in [2.24, 2.45) is 0 Å². The van der Waals surface area contributed by atoms with Crippen LogP contribution in [0.2, 0.25) is 0 Å². The van der Waals surface area contributed by atoms with Gasteiger partial charge in [0.15, 0.2) is 0 Å². The van der Waals surface area contributed by atoms with Gasteiger partial charge >= 0.3 is 0 Å². The molecule has 0 bridgehead atoms. The Morgan fingerprint density at radius 3 is 2.35 bits per heavy atom. The van der Waals surface area contributed by atoms with Crippen molar-refractivity contribution < 1.29 is 4.39 Å². The third kappa shape index (κ3) is 3.84. The Labute approximate surface area is 184 Å². The van der Waals surface area contributed by atoms with Gasteiger partial charge in [-0.3, -0.25) is 0 Å². The molecule has 0 aliphatic carbocycles. The minimum atomic E-state index is -0.276. The van der Waals surface area contributed by atoms with Crippen molar-refractivity contribution in [1.29, 1.82) is 0 Å². The highest BCUT2D eigenvalue weighted by Gasteiger charge is 2.19. The van der Waals surface area contributed by atoms with Crippen molar-refractivity contribution in [2.75, 3.05) is 0 Å². The van der Waals surface area contributed by atoms with Gasteiger partial charge in [-0.05, 0) is 36.2 Å². The van der Waals surface area contributed by atoms with Gasteiger partial charge < -0.3 is 4.57 Å². The summed E-state index contributed by atoms with van der Waals surface area (Å²) in [5.74, 6) is -0.276. The van der Waals surface area contributed by atoms with Crippen molar-refractivity contribution in [3.8, 4) is 16.8 Å². The monoisotopic (exact) mass is 425 g/mol. The zero-order chi connectivity index (χ0) is 21.2. The van der Waals surface area contributed by atoms with Crippen LogP contribution in [0.15, 0.2) is 102 Å². The van der Waals surface area contributed by atoms with Crippen molar-refractivity contribution in [2.45, 2.75) is 17.2 Å². The Balaban J connectivity index is 1.70. The SMILES string of the molecule is C[C@@H](Sc1ncnc2c1c(-c1ccccc1)cn2-c1cccc(F)c1)c1ccccc1. The van der Waals surface area contributed by atoms with E-state index in [2.05, 4.69) is 53.3 Å². The molecule has 0 fully saturated rings. The molecule has 0 radical (unpaired) electrons. The number of halogens is 1. The minimum absolute atomic E-state index is 0.223. The predicted octanol–water partition coefficient (Wildman–Crippen LogP) is 7.08. The molecule has 0 unspecified atom stereocenters. The summed E-state index contributed by atoms with van der Waals surface area (Å²) in [6, 6.07) is 27.2. The predicted molar refractivity (Wildman–Crippen MR) is 125 cm³/mol. The van der Waals surface area contributed by atoms with Crippen LogP contribution in [0.25, 0.3) is 27.8 Å². The molecule has 5 rings (SSSR count). The number of benzene rings is 3. The summed E-state index contributed by atoms with van der Waals surface area (Å²) in [6.45, 7) is 2.18. The van der Waals surface area contributed by atoms with E-state index in [0.29, 0.717) is 0 Å². The Bertz CT molecular complexity index is 1330. The van der Waals surface area contributed by atoms with Crippen LogP contribution in [0.1, 0.15) is 17.7 Å². The highest BCUT2D eigenvalue weighted by molar-refractivity contribution is 7.99. The maximum atomic E-state index is 14.0. The molecular formula is C26H20FN3S. The Kier molecular flexibility index (Phi) is 5.26. The molecule has 0 amide bonds. The first kappa shape index (κ1) is 19.5. The fourth-order valence-corrected chi connectivity index (χ4v) is 4.80. The average Bonchev–Trinajstić information content (AvgIpc) is 3.21. The van der Waals surface area contributed by atoms with E-state index < -0.39 is 0 Å². The molecule has 5 aromatic rings. The first-order chi connectivity index (χ1) is 15.2. The maximum Gasteiger partial charge on any atom is 0.149 e. The topological polar surface area (TPSA) is 30.7 Å². The van der Waals surface area contributed by atoms with Crippen molar-refractivity contribution >= 4 is 22.8 Å². The zero-order valence-corrected chi connectivity index (χ0v) is 17.8. The van der Waals surface area contributed by atoms with Gasteiger partial charge in [-0.1, -0.05) is 78.5 Å². The van der Waals surface area contributed by atoms with E-state index in [-0.39, 0.29) is 11.1 Å². The fraction of sp³-hybridized carbons (Fsp3) is 0.0769. The van der Waals surface area contributed by atoms with Gasteiger partial charge in [0.25, 0.3) is 0 Å². The van der Waals surface area contributed by atoms with E-state index in [0.717, 1.165) is 32.9 Å². The second-order valence-corrected chi connectivity index (χ2v) is 8.64. The van der Waals surface area contributed by atoms with E-state index in [1.807, 2.05) is 41.1 Å². The molecule has 2 aromatic heterocycles. The van der Waals surface area contributed by atoms with Gasteiger partial charge in [-0.2, -0.15) is 0 Å². The van der Waals surface area contributed by atoms with E-state index in [1.54, 1.807) is 24.2 Å². The van der Waals surface area contributed by atoms with Crippen molar-refractivity contribution in [3.05, 3.63) is 109 Å². The number of aromatic nitrogens is 3. The van der Waals surface area contributed by atoms with Crippen LogP contribution in [0, 0.1) is 5.82 Å². The largest absolute Gasteiger partial charge is 0.300 e. The van der Waals surface area contributed by atoms with E-state index in [9.17, 15) is 4.39 Å². The number of thioether (sulfide) groups is 1. The number of hydrogen-bond donors (Lipinski definition) is 0. The molecule has 3 aromatic carbocycles. The molecule has 0 aliphatic heterocycles. The van der Waals surface area contributed by atoms with Crippen LogP contribution in [0.3, 0.4) is 0 Å². The lowest BCUT2D eigenvalue weighted by Crippen LogP contribution is -1.96. The molecular weight excluding hydrogens is 405 g/mol. The summed E-state index contributed by atoms with van der Waals surface area (Å²) in [4.78, 5) is 9.24. The highest BCUT2D eigenvalue weighted by atomic mass is 32.2. The Morgan fingerprint density at radius 2 is 1.61 bits per heavy atom. The third-order valence-electron chi connectivity index (χ3n) is 5.28. The molecule has 152 valence electrons. The van der Waals surface area contributed by atoms with Crippen LogP contribution in [-0.2, 0) is 0 Å². The normalized spacial score (nSPS) is 12.2. The van der Waals surface area contributed by atoms with Gasteiger partial charge in [-0.25, -0.2) is 14.4 Å². The average molecular weight is 426 g/mol. The standard InChI is InChI=1S/C26H20FN3S/c1-18(19-9-4-2-5-10-19)31-26-24-23(20-11-6-3-7-12-20)16-30(25(24)28-17-29-26)22-14-8-13-21(27)15-22/h2-18H,1H3/t18-/m1/s1. The quantitative estimate of drug-likeness (QED) is 0.223. The van der Waals surface area contributed by atoms with Crippen LogP contribution in [-0.4, -0.2) is 14.5 Å². The Hall–Kier alpha value is -3.44. The first-order valence-electron chi connectivity index (χ1n) is 10.1. The van der Waals surface area contributed by atoms with Crippen LogP contribution >= 0.6 is 11.8 Å². The molecule has 0 spiro atoms. The molecule has 5 heteroatoms. The van der Waals surface area contributed by atoms with Crippen molar-refractivity contribution in [3.63, 3.8) is 0 Å². The summed E-state index contributed by atoms with van der Waals surface area (Å²) < 4.78 is 15.9. The lowest BCUT2D eigenvalue weighted by atomic mass is 10.1. The summed E-state index contributed by atoms with van der Waals surface area (Å²) in [6.07, 6.45) is 3.62. The molecule has 0 aliphatic rings.